The topological polar surface area (TPSA) is 35.2 Å². The number of fused-ring (bicyclic) bond motifs is 1. The van der Waals surface area contributed by atoms with E-state index in [4.69, 9.17) is 12.2 Å². The SMILES string of the molecule is CN1CCN(C)C(Cc2nc(=S)c3c([nH]2)CCC3)C1. The summed E-state index contributed by atoms with van der Waals surface area (Å²) in [4.78, 5) is 13.0. The second kappa shape index (κ2) is 5.31. The number of aryl methyl sites for hydroxylation is 1. The first-order chi connectivity index (χ1) is 9.13. The Bertz CT molecular complexity index is 525. The Hall–Kier alpha value is -0.780. The number of H-pyrrole nitrogens is 1. The molecule has 0 amide bonds. The maximum Gasteiger partial charge on any atom is 0.133 e. The molecule has 19 heavy (non-hydrogen) atoms. The van der Waals surface area contributed by atoms with Crippen LogP contribution in [0.1, 0.15) is 23.5 Å². The molecule has 3 rings (SSSR count). The van der Waals surface area contributed by atoms with Gasteiger partial charge in [0.25, 0.3) is 0 Å². The minimum absolute atomic E-state index is 0.538. The van der Waals surface area contributed by atoms with Crippen LogP contribution in [0, 0.1) is 4.64 Å². The highest BCUT2D eigenvalue weighted by Gasteiger charge is 2.24. The molecule has 4 nitrogen and oxygen atoms in total. The highest BCUT2D eigenvalue weighted by Crippen LogP contribution is 2.21. The fraction of sp³-hybridized carbons (Fsp3) is 0.714. The summed E-state index contributed by atoms with van der Waals surface area (Å²) in [6.45, 7) is 3.39. The Morgan fingerprint density at radius 2 is 2.16 bits per heavy atom. The predicted molar refractivity (Wildman–Crippen MR) is 79.1 cm³/mol. The Balaban J connectivity index is 1.80. The van der Waals surface area contributed by atoms with Crippen molar-refractivity contribution in [1.29, 1.82) is 0 Å². The summed E-state index contributed by atoms with van der Waals surface area (Å²) in [6, 6.07) is 0.538. The third kappa shape index (κ3) is 2.73. The molecule has 5 heteroatoms. The van der Waals surface area contributed by atoms with E-state index >= 15 is 0 Å². The van der Waals surface area contributed by atoms with Crippen molar-refractivity contribution >= 4 is 12.2 Å². The van der Waals surface area contributed by atoms with Crippen molar-refractivity contribution < 1.29 is 0 Å². The van der Waals surface area contributed by atoms with Gasteiger partial charge in [0.1, 0.15) is 10.5 Å². The molecule has 1 saturated heterocycles. The predicted octanol–water partition coefficient (Wildman–Crippen LogP) is 1.42. The molecule has 0 radical (unpaired) electrons. The molecule has 2 heterocycles. The minimum Gasteiger partial charge on any atom is -0.347 e. The molecule has 1 aromatic heterocycles. The van der Waals surface area contributed by atoms with Gasteiger partial charge in [-0.1, -0.05) is 12.2 Å². The van der Waals surface area contributed by atoms with Gasteiger partial charge >= 0.3 is 0 Å². The molecular formula is C14H22N4S. The average Bonchev–Trinajstić information content (AvgIpc) is 2.82. The molecule has 1 unspecified atom stereocenters. The number of piperazine rings is 1. The Morgan fingerprint density at radius 1 is 1.32 bits per heavy atom. The number of aromatic nitrogens is 2. The first kappa shape index (κ1) is 13.2. The van der Waals surface area contributed by atoms with E-state index in [0.717, 1.165) is 49.4 Å². The largest absolute Gasteiger partial charge is 0.347 e. The number of hydrogen-bond donors (Lipinski definition) is 1. The first-order valence-electron chi connectivity index (χ1n) is 7.13. The standard InChI is InChI=1S/C14H22N4S/c1-17-6-7-18(2)10(9-17)8-13-15-12-5-3-4-11(12)14(19)16-13/h10H,3-9H2,1-2H3,(H,15,16,19). The lowest BCUT2D eigenvalue weighted by atomic mass is 10.1. The van der Waals surface area contributed by atoms with Gasteiger partial charge in [-0.3, -0.25) is 0 Å². The van der Waals surface area contributed by atoms with Crippen LogP contribution in [-0.4, -0.2) is 59.5 Å². The van der Waals surface area contributed by atoms with Crippen LogP contribution in [0.3, 0.4) is 0 Å². The van der Waals surface area contributed by atoms with Crippen LogP contribution >= 0.6 is 12.2 Å². The van der Waals surface area contributed by atoms with E-state index in [1.807, 2.05) is 0 Å². The van der Waals surface area contributed by atoms with Gasteiger partial charge in [0, 0.05) is 43.4 Å². The molecule has 1 atom stereocenters. The van der Waals surface area contributed by atoms with E-state index in [1.165, 1.54) is 17.7 Å². The normalized spacial score (nSPS) is 24.6. The Morgan fingerprint density at radius 3 is 3.00 bits per heavy atom. The summed E-state index contributed by atoms with van der Waals surface area (Å²) in [5.41, 5.74) is 2.62. The summed E-state index contributed by atoms with van der Waals surface area (Å²) >= 11 is 5.43. The summed E-state index contributed by atoms with van der Waals surface area (Å²) in [5, 5.41) is 0. The number of rotatable bonds is 2. The minimum atomic E-state index is 0.538. The van der Waals surface area contributed by atoms with Gasteiger partial charge in [0.2, 0.25) is 0 Å². The maximum atomic E-state index is 5.43. The van der Waals surface area contributed by atoms with Crippen LogP contribution in [0.4, 0.5) is 0 Å². The van der Waals surface area contributed by atoms with Crippen LogP contribution in [0.5, 0.6) is 0 Å². The van der Waals surface area contributed by atoms with Crippen LogP contribution in [0.15, 0.2) is 0 Å². The number of nitrogens with one attached hydrogen (secondary N) is 1. The summed E-state index contributed by atoms with van der Waals surface area (Å²) in [6.07, 6.45) is 4.42. The lowest BCUT2D eigenvalue weighted by molar-refractivity contribution is 0.113. The van der Waals surface area contributed by atoms with E-state index < -0.39 is 0 Å². The Labute approximate surface area is 119 Å². The first-order valence-corrected chi connectivity index (χ1v) is 7.54. The van der Waals surface area contributed by atoms with Gasteiger partial charge in [-0.2, -0.15) is 0 Å². The highest BCUT2D eigenvalue weighted by molar-refractivity contribution is 7.71. The molecule has 0 spiro atoms. The van der Waals surface area contributed by atoms with Crippen molar-refractivity contribution in [2.45, 2.75) is 31.7 Å². The molecule has 0 saturated carbocycles. The van der Waals surface area contributed by atoms with Crippen molar-refractivity contribution in [2.75, 3.05) is 33.7 Å². The third-order valence-corrected chi connectivity index (χ3v) is 4.75. The molecule has 2 aliphatic rings. The lowest BCUT2D eigenvalue weighted by Crippen LogP contribution is -2.51. The van der Waals surface area contributed by atoms with Crippen molar-refractivity contribution in [2.24, 2.45) is 0 Å². The van der Waals surface area contributed by atoms with Crippen molar-refractivity contribution in [1.82, 2.24) is 19.8 Å². The van der Waals surface area contributed by atoms with Crippen LogP contribution in [0.25, 0.3) is 0 Å². The quantitative estimate of drug-likeness (QED) is 0.830. The third-order valence-electron chi connectivity index (χ3n) is 4.42. The fourth-order valence-electron chi connectivity index (χ4n) is 3.15. The van der Waals surface area contributed by atoms with E-state index in [0.29, 0.717) is 6.04 Å². The smallest absolute Gasteiger partial charge is 0.133 e. The number of nitrogens with zero attached hydrogens (tertiary/aromatic N) is 3. The highest BCUT2D eigenvalue weighted by atomic mass is 32.1. The molecule has 1 aliphatic heterocycles. The molecule has 1 aromatic rings. The van der Waals surface area contributed by atoms with Crippen LogP contribution < -0.4 is 0 Å². The molecule has 0 bridgehead atoms. The van der Waals surface area contributed by atoms with E-state index in [9.17, 15) is 0 Å². The molecule has 104 valence electrons. The van der Waals surface area contributed by atoms with Gasteiger partial charge in [-0.25, -0.2) is 4.98 Å². The van der Waals surface area contributed by atoms with Crippen LogP contribution in [-0.2, 0) is 19.3 Å². The Kier molecular flexibility index (Phi) is 3.69. The zero-order valence-corrected chi connectivity index (χ0v) is 12.6. The molecular weight excluding hydrogens is 256 g/mol. The van der Waals surface area contributed by atoms with Gasteiger partial charge in [-0.15, -0.1) is 0 Å². The van der Waals surface area contributed by atoms with Gasteiger partial charge in [0.05, 0.1) is 0 Å². The van der Waals surface area contributed by atoms with E-state index in [1.54, 1.807) is 0 Å². The number of likely N-dealkylation sites (N-methyl/N-ethyl adjacent to an activating group) is 2. The molecule has 0 aromatic carbocycles. The monoisotopic (exact) mass is 278 g/mol. The van der Waals surface area contributed by atoms with Crippen LogP contribution in [0.2, 0.25) is 0 Å². The van der Waals surface area contributed by atoms with Gasteiger partial charge < -0.3 is 14.8 Å². The molecule has 1 fully saturated rings. The van der Waals surface area contributed by atoms with Crippen molar-refractivity contribution in [3.8, 4) is 0 Å². The number of aromatic amines is 1. The molecule has 1 N–H and O–H groups in total. The van der Waals surface area contributed by atoms with E-state index in [2.05, 4.69) is 33.9 Å². The molecule has 1 aliphatic carbocycles. The number of hydrogen-bond acceptors (Lipinski definition) is 4. The second-order valence-corrected chi connectivity index (χ2v) is 6.29. The summed E-state index contributed by atoms with van der Waals surface area (Å²) in [5.74, 6) is 1.07. The average molecular weight is 278 g/mol. The maximum absolute atomic E-state index is 5.43. The van der Waals surface area contributed by atoms with Gasteiger partial charge in [-0.05, 0) is 33.4 Å². The summed E-state index contributed by atoms with van der Waals surface area (Å²) < 4.78 is 0.827. The lowest BCUT2D eigenvalue weighted by Gasteiger charge is -2.37. The van der Waals surface area contributed by atoms with Crippen molar-refractivity contribution in [3.05, 3.63) is 21.7 Å². The van der Waals surface area contributed by atoms with Crippen molar-refractivity contribution in [3.63, 3.8) is 0 Å². The zero-order valence-electron chi connectivity index (χ0n) is 11.8. The van der Waals surface area contributed by atoms with Gasteiger partial charge in [0.15, 0.2) is 0 Å². The zero-order chi connectivity index (χ0) is 13.4. The van der Waals surface area contributed by atoms with E-state index in [-0.39, 0.29) is 0 Å². The fourth-order valence-corrected chi connectivity index (χ4v) is 3.49. The summed E-state index contributed by atoms with van der Waals surface area (Å²) in [7, 11) is 4.40. The second-order valence-electron chi connectivity index (χ2n) is 5.90.